The van der Waals surface area contributed by atoms with Gasteiger partial charge in [-0.1, -0.05) is 17.7 Å². The van der Waals surface area contributed by atoms with Crippen LogP contribution in [0, 0.1) is 0 Å². The molecule has 2 aromatic carbocycles. The van der Waals surface area contributed by atoms with Crippen LogP contribution in [-0.4, -0.2) is 23.1 Å². The van der Waals surface area contributed by atoms with Gasteiger partial charge in [0.05, 0.1) is 6.61 Å². The summed E-state index contributed by atoms with van der Waals surface area (Å²) in [5, 5.41) is 8.55. The zero-order valence-corrected chi connectivity index (χ0v) is 14.2. The first-order chi connectivity index (χ1) is 12.2. The standard InChI is InChI=1S/C18H15ClN2O4/c1-2-23-16-8-12(10-22)6-7-15(16)24-11-17-20-21-18(25-17)13-4-3-5-14(19)9-13/h3-10H,2,11H2,1H3. The third-order valence-electron chi connectivity index (χ3n) is 3.29. The van der Waals surface area contributed by atoms with E-state index in [1.807, 2.05) is 13.0 Å². The van der Waals surface area contributed by atoms with Crippen molar-refractivity contribution in [2.75, 3.05) is 6.61 Å². The summed E-state index contributed by atoms with van der Waals surface area (Å²) in [5.74, 6) is 1.66. The lowest BCUT2D eigenvalue weighted by molar-refractivity contribution is 0.112. The number of rotatable bonds is 7. The molecule has 0 unspecified atom stereocenters. The van der Waals surface area contributed by atoms with Crippen LogP contribution in [0.25, 0.3) is 11.5 Å². The van der Waals surface area contributed by atoms with E-state index in [2.05, 4.69) is 10.2 Å². The van der Waals surface area contributed by atoms with Gasteiger partial charge in [-0.3, -0.25) is 4.79 Å². The number of hydrogen-bond donors (Lipinski definition) is 0. The van der Waals surface area contributed by atoms with Crippen LogP contribution in [0.2, 0.25) is 5.02 Å². The van der Waals surface area contributed by atoms with E-state index in [4.69, 9.17) is 25.5 Å². The second-order valence-corrected chi connectivity index (χ2v) is 5.49. The minimum atomic E-state index is 0.0775. The van der Waals surface area contributed by atoms with Gasteiger partial charge in [-0.2, -0.15) is 0 Å². The van der Waals surface area contributed by atoms with Crippen molar-refractivity contribution in [3.63, 3.8) is 0 Å². The Hall–Kier alpha value is -2.86. The fourth-order valence-electron chi connectivity index (χ4n) is 2.18. The molecule has 0 fully saturated rings. The fourth-order valence-corrected chi connectivity index (χ4v) is 2.37. The first kappa shape index (κ1) is 17.0. The highest BCUT2D eigenvalue weighted by molar-refractivity contribution is 6.30. The molecule has 3 aromatic rings. The van der Waals surface area contributed by atoms with Crippen LogP contribution < -0.4 is 9.47 Å². The minimum Gasteiger partial charge on any atom is -0.490 e. The number of aldehydes is 1. The normalized spacial score (nSPS) is 10.5. The van der Waals surface area contributed by atoms with Crippen LogP contribution in [0.3, 0.4) is 0 Å². The molecule has 0 saturated heterocycles. The third kappa shape index (κ3) is 4.16. The fraction of sp³-hybridized carbons (Fsp3) is 0.167. The molecule has 25 heavy (non-hydrogen) atoms. The Balaban J connectivity index is 1.73. The Morgan fingerprint density at radius 3 is 2.76 bits per heavy atom. The van der Waals surface area contributed by atoms with E-state index in [0.29, 0.717) is 40.5 Å². The van der Waals surface area contributed by atoms with Crippen LogP contribution in [0.4, 0.5) is 0 Å². The van der Waals surface area contributed by atoms with Crippen molar-refractivity contribution in [1.82, 2.24) is 10.2 Å². The number of hydrogen-bond acceptors (Lipinski definition) is 6. The summed E-state index contributed by atoms with van der Waals surface area (Å²) in [6.07, 6.45) is 0.752. The topological polar surface area (TPSA) is 74.5 Å². The van der Waals surface area contributed by atoms with Gasteiger partial charge in [0.2, 0.25) is 5.89 Å². The second kappa shape index (κ2) is 7.81. The monoisotopic (exact) mass is 358 g/mol. The van der Waals surface area contributed by atoms with E-state index in [-0.39, 0.29) is 6.61 Å². The summed E-state index contributed by atoms with van der Waals surface area (Å²) in [5.41, 5.74) is 1.24. The van der Waals surface area contributed by atoms with Gasteiger partial charge in [0.15, 0.2) is 18.1 Å². The predicted molar refractivity (Wildman–Crippen MR) is 92.1 cm³/mol. The van der Waals surface area contributed by atoms with E-state index in [9.17, 15) is 4.79 Å². The molecule has 0 spiro atoms. The molecule has 6 nitrogen and oxygen atoms in total. The molecule has 0 aliphatic heterocycles. The van der Waals surface area contributed by atoms with Gasteiger partial charge in [0, 0.05) is 16.1 Å². The molecule has 1 aromatic heterocycles. The minimum absolute atomic E-state index is 0.0775. The van der Waals surface area contributed by atoms with Crippen molar-refractivity contribution >= 4 is 17.9 Å². The molecule has 0 saturated carbocycles. The quantitative estimate of drug-likeness (QED) is 0.590. The van der Waals surface area contributed by atoms with Crippen LogP contribution in [-0.2, 0) is 6.61 Å². The third-order valence-corrected chi connectivity index (χ3v) is 3.53. The molecule has 0 bridgehead atoms. The Morgan fingerprint density at radius 2 is 2.00 bits per heavy atom. The average molecular weight is 359 g/mol. The molecule has 0 radical (unpaired) electrons. The molecule has 0 amide bonds. The Kier molecular flexibility index (Phi) is 5.30. The van der Waals surface area contributed by atoms with Crippen molar-refractivity contribution in [1.29, 1.82) is 0 Å². The van der Waals surface area contributed by atoms with Gasteiger partial charge in [0.1, 0.15) is 6.29 Å². The lowest BCUT2D eigenvalue weighted by Crippen LogP contribution is -2.00. The van der Waals surface area contributed by atoms with Crippen molar-refractivity contribution in [3.05, 3.63) is 58.9 Å². The van der Waals surface area contributed by atoms with E-state index < -0.39 is 0 Å². The predicted octanol–water partition coefficient (Wildman–Crippen LogP) is 4.18. The number of carbonyl (C=O) groups is 1. The number of carbonyl (C=O) groups excluding carboxylic acids is 1. The lowest BCUT2D eigenvalue weighted by Gasteiger charge is -2.10. The van der Waals surface area contributed by atoms with Gasteiger partial charge in [-0.05, 0) is 43.3 Å². The highest BCUT2D eigenvalue weighted by atomic mass is 35.5. The zero-order valence-electron chi connectivity index (χ0n) is 13.4. The highest BCUT2D eigenvalue weighted by Crippen LogP contribution is 2.29. The number of aromatic nitrogens is 2. The van der Waals surface area contributed by atoms with Gasteiger partial charge in [-0.25, -0.2) is 0 Å². The number of halogens is 1. The average Bonchev–Trinajstić information content (AvgIpc) is 3.10. The molecule has 3 rings (SSSR count). The van der Waals surface area contributed by atoms with Crippen LogP contribution in [0.1, 0.15) is 23.2 Å². The van der Waals surface area contributed by atoms with Crippen molar-refractivity contribution in [3.8, 4) is 23.0 Å². The molecule has 0 aliphatic carbocycles. The molecular formula is C18H15ClN2O4. The van der Waals surface area contributed by atoms with E-state index in [1.54, 1.807) is 36.4 Å². The van der Waals surface area contributed by atoms with Gasteiger partial charge in [0.25, 0.3) is 5.89 Å². The van der Waals surface area contributed by atoms with E-state index >= 15 is 0 Å². The van der Waals surface area contributed by atoms with Crippen LogP contribution in [0.5, 0.6) is 11.5 Å². The maximum atomic E-state index is 10.9. The number of benzene rings is 2. The zero-order chi connectivity index (χ0) is 17.6. The summed E-state index contributed by atoms with van der Waals surface area (Å²) in [6.45, 7) is 2.39. The van der Waals surface area contributed by atoms with Crippen molar-refractivity contribution in [2.24, 2.45) is 0 Å². The highest BCUT2D eigenvalue weighted by Gasteiger charge is 2.12. The smallest absolute Gasteiger partial charge is 0.254 e. The summed E-state index contributed by atoms with van der Waals surface area (Å²) < 4.78 is 16.8. The molecule has 128 valence electrons. The maximum absolute atomic E-state index is 10.9. The molecule has 1 heterocycles. The summed E-state index contributed by atoms with van der Waals surface area (Å²) in [4.78, 5) is 10.9. The Bertz CT molecular complexity index is 879. The SMILES string of the molecule is CCOc1cc(C=O)ccc1OCc1nnc(-c2cccc(Cl)c2)o1. The largest absolute Gasteiger partial charge is 0.490 e. The Morgan fingerprint density at radius 1 is 1.12 bits per heavy atom. The summed E-state index contributed by atoms with van der Waals surface area (Å²) >= 11 is 5.96. The van der Waals surface area contributed by atoms with Crippen LogP contribution in [0.15, 0.2) is 46.9 Å². The molecule has 7 heteroatoms. The van der Waals surface area contributed by atoms with Gasteiger partial charge in [-0.15, -0.1) is 10.2 Å². The summed E-state index contributed by atoms with van der Waals surface area (Å²) in [6, 6.07) is 12.1. The molecule has 0 N–H and O–H groups in total. The van der Waals surface area contributed by atoms with Crippen molar-refractivity contribution < 1.29 is 18.7 Å². The first-order valence-electron chi connectivity index (χ1n) is 7.62. The van der Waals surface area contributed by atoms with Gasteiger partial charge >= 0.3 is 0 Å². The van der Waals surface area contributed by atoms with E-state index in [1.165, 1.54) is 0 Å². The van der Waals surface area contributed by atoms with Crippen LogP contribution >= 0.6 is 11.6 Å². The lowest BCUT2D eigenvalue weighted by atomic mass is 10.2. The Labute approximate surface area is 149 Å². The first-order valence-corrected chi connectivity index (χ1v) is 8.00. The van der Waals surface area contributed by atoms with Crippen molar-refractivity contribution in [2.45, 2.75) is 13.5 Å². The molecule has 0 atom stereocenters. The molecular weight excluding hydrogens is 344 g/mol. The molecule has 0 aliphatic rings. The second-order valence-electron chi connectivity index (χ2n) is 5.06. The number of nitrogens with zero attached hydrogens (tertiary/aromatic N) is 2. The maximum Gasteiger partial charge on any atom is 0.254 e. The number of ether oxygens (including phenoxy) is 2. The van der Waals surface area contributed by atoms with E-state index in [0.717, 1.165) is 11.8 Å². The van der Waals surface area contributed by atoms with Gasteiger partial charge < -0.3 is 13.9 Å². The summed E-state index contributed by atoms with van der Waals surface area (Å²) in [7, 11) is 0.